The fourth-order valence-corrected chi connectivity index (χ4v) is 3.27. The molecule has 4 aromatic rings. The first-order valence-corrected chi connectivity index (χ1v) is 8.22. The third-order valence-corrected chi connectivity index (χ3v) is 4.55. The van der Waals surface area contributed by atoms with Crippen LogP contribution >= 0.6 is 11.8 Å². The number of rotatable bonds is 3. The standard InChI is InChI=1S/C16H12N6OS/c1-9-2-3-12-13(4-9)21-16(20-12)24-8-11-5-14(23)22-15(19-11)10(6-17)7-18-22/h2-5,7,18H,8H2,1H3,(H,20,21). The molecule has 8 heteroatoms. The Morgan fingerprint density at radius 2 is 2.21 bits per heavy atom. The van der Waals surface area contributed by atoms with E-state index in [9.17, 15) is 4.79 Å². The molecule has 0 saturated heterocycles. The molecule has 0 fully saturated rings. The van der Waals surface area contributed by atoms with Crippen LogP contribution < -0.4 is 5.56 Å². The number of thioether (sulfide) groups is 1. The van der Waals surface area contributed by atoms with Crippen LogP contribution in [-0.2, 0) is 5.75 Å². The van der Waals surface area contributed by atoms with Gasteiger partial charge in [-0.25, -0.2) is 14.5 Å². The molecule has 2 N–H and O–H groups in total. The summed E-state index contributed by atoms with van der Waals surface area (Å²) in [5, 5.41) is 12.6. The molecule has 3 aromatic heterocycles. The minimum atomic E-state index is -0.239. The summed E-state index contributed by atoms with van der Waals surface area (Å²) < 4.78 is 1.26. The summed E-state index contributed by atoms with van der Waals surface area (Å²) in [6.45, 7) is 2.03. The summed E-state index contributed by atoms with van der Waals surface area (Å²) in [7, 11) is 0. The summed E-state index contributed by atoms with van der Waals surface area (Å²) >= 11 is 1.47. The molecule has 0 aliphatic rings. The molecule has 0 amide bonds. The van der Waals surface area contributed by atoms with E-state index in [4.69, 9.17) is 5.26 Å². The molecule has 7 nitrogen and oxygen atoms in total. The van der Waals surface area contributed by atoms with Gasteiger partial charge >= 0.3 is 0 Å². The number of nitrogens with zero attached hydrogens (tertiary/aromatic N) is 4. The highest BCUT2D eigenvalue weighted by Gasteiger charge is 2.10. The average molecular weight is 336 g/mol. The molecular formula is C16H12N6OS. The second-order valence-electron chi connectivity index (χ2n) is 5.39. The van der Waals surface area contributed by atoms with Crippen molar-refractivity contribution in [2.24, 2.45) is 0 Å². The fourth-order valence-electron chi connectivity index (χ4n) is 2.50. The predicted molar refractivity (Wildman–Crippen MR) is 90.9 cm³/mol. The number of nitrogens with one attached hydrogen (secondary N) is 2. The van der Waals surface area contributed by atoms with Crippen molar-refractivity contribution in [1.29, 1.82) is 5.26 Å². The van der Waals surface area contributed by atoms with Gasteiger partial charge in [0.05, 0.1) is 16.7 Å². The number of fused-ring (bicyclic) bond motifs is 2. The van der Waals surface area contributed by atoms with Crippen LogP contribution in [0, 0.1) is 18.3 Å². The van der Waals surface area contributed by atoms with Gasteiger partial charge in [-0.1, -0.05) is 17.8 Å². The van der Waals surface area contributed by atoms with Crippen LogP contribution in [0.3, 0.4) is 0 Å². The molecule has 1 aromatic carbocycles. The fraction of sp³-hybridized carbons (Fsp3) is 0.125. The van der Waals surface area contributed by atoms with Crippen molar-refractivity contribution in [3.05, 3.63) is 57.6 Å². The molecule has 0 aliphatic heterocycles. The van der Waals surface area contributed by atoms with Crippen LogP contribution in [0.25, 0.3) is 16.7 Å². The molecule has 0 atom stereocenters. The number of imidazole rings is 1. The second-order valence-corrected chi connectivity index (χ2v) is 6.36. The first-order valence-electron chi connectivity index (χ1n) is 7.23. The van der Waals surface area contributed by atoms with Crippen LogP contribution in [0.2, 0.25) is 0 Å². The summed E-state index contributed by atoms with van der Waals surface area (Å²) in [6, 6.07) is 9.52. The second kappa shape index (κ2) is 5.54. The SMILES string of the molecule is Cc1ccc2nc(SCc3cc(=O)n4[nH]cc(C#N)c4n3)[nH]c2c1. The van der Waals surface area contributed by atoms with E-state index in [0.717, 1.165) is 16.2 Å². The Hall–Kier alpha value is -3.05. The minimum absolute atomic E-state index is 0.239. The maximum atomic E-state index is 12.1. The largest absolute Gasteiger partial charge is 0.333 e. The number of aryl methyl sites for hydroxylation is 1. The van der Waals surface area contributed by atoms with Crippen LogP contribution in [0.15, 0.2) is 40.4 Å². The van der Waals surface area contributed by atoms with Crippen LogP contribution in [0.4, 0.5) is 0 Å². The van der Waals surface area contributed by atoms with Crippen molar-refractivity contribution in [1.82, 2.24) is 24.6 Å². The number of hydrogen-bond acceptors (Lipinski definition) is 5. The van der Waals surface area contributed by atoms with E-state index < -0.39 is 0 Å². The van der Waals surface area contributed by atoms with Gasteiger partial charge in [-0.15, -0.1) is 0 Å². The normalized spacial score (nSPS) is 11.2. The average Bonchev–Trinajstić information content (AvgIpc) is 3.15. The topological polar surface area (TPSA) is 103 Å². The molecule has 4 rings (SSSR count). The number of benzene rings is 1. The lowest BCUT2D eigenvalue weighted by Crippen LogP contribution is -2.15. The highest BCUT2D eigenvalue weighted by molar-refractivity contribution is 7.98. The van der Waals surface area contributed by atoms with Gasteiger partial charge < -0.3 is 4.98 Å². The van der Waals surface area contributed by atoms with Crippen molar-refractivity contribution in [2.45, 2.75) is 17.8 Å². The van der Waals surface area contributed by atoms with Crippen molar-refractivity contribution in [2.75, 3.05) is 0 Å². The summed E-state index contributed by atoms with van der Waals surface area (Å²) in [5.74, 6) is 0.487. The first-order chi connectivity index (χ1) is 11.6. The Bertz CT molecular complexity index is 1160. The Morgan fingerprint density at radius 1 is 1.33 bits per heavy atom. The van der Waals surface area contributed by atoms with Gasteiger partial charge in [0.15, 0.2) is 10.8 Å². The van der Waals surface area contributed by atoms with E-state index >= 15 is 0 Å². The van der Waals surface area contributed by atoms with Crippen LogP contribution in [-0.4, -0.2) is 24.6 Å². The summed E-state index contributed by atoms with van der Waals surface area (Å²) in [6.07, 6.45) is 1.47. The summed E-state index contributed by atoms with van der Waals surface area (Å²) in [4.78, 5) is 24.2. The highest BCUT2D eigenvalue weighted by atomic mass is 32.2. The molecule has 0 bridgehead atoms. The lowest BCUT2D eigenvalue weighted by Gasteiger charge is -1.99. The van der Waals surface area contributed by atoms with Gasteiger partial charge in [0.25, 0.3) is 5.56 Å². The lowest BCUT2D eigenvalue weighted by molar-refractivity contribution is 0.888. The zero-order chi connectivity index (χ0) is 16.7. The van der Waals surface area contributed by atoms with Crippen molar-refractivity contribution in [3.63, 3.8) is 0 Å². The van der Waals surface area contributed by atoms with Gasteiger partial charge in [0.1, 0.15) is 11.6 Å². The summed E-state index contributed by atoms with van der Waals surface area (Å²) in [5.41, 5.74) is 4.12. The molecule has 0 unspecified atom stereocenters. The first kappa shape index (κ1) is 14.5. The van der Waals surface area contributed by atoms with E-state index in [1.165, 1.54) is 34.1 Å². The Labute approximate surface area is 140 Å². The predicted octanol–water partition coefficient (Wildman–Crippen LogP) is 2.37. The molecule has 118 valence electrons. The highest BCUT2D eigenvalue weighted by Crippen LogP contribution is 2.23. The minimum Gasteiger partial charge on any atom is -0.333 e. The number of H-pyrrole nitrogens is 2. The maximum absolute atomic E-state index is 12.1. The number of hydrogen-bond donors (Lipinski definition) is 2. The van der Waals surface area contributed by atoms with E-state index in [0.29, 0.717) is 22.7 Å². The Balaban J connectivity index is 1.64. The molecule has 24 heavy (non-hydrogen) atoms. The van der Waals surface area contributed by atoms with Crippen molar-refractivity contribution < 1.29 is 0 Å². The van der Waals surface area contributed by atoms with Gasteiger partial charge in [0, 0.05) is 18.0 Å². The number of aromatic amines is 2. The van der Waals surface area contributed by atoms with E-state index in [-0.39, 0.29) is 5.56 Å². The van der Waals surface area contributed by atoms with Crippen LogP contribution in [0.5, 0.6) is 0 Å². The van der Waals surface area contributed by atoms with Gasteiger partial charge in [-0.05, 0) is 24.6 Å². The third kappa shape index (κ3) is 2.45. The third-order valence-electron chi connectivity index (χ3n) is 3.64. The molecule has 0 saturated carbocycles. The van der Waals surface area contributed by atoms with Crippen molar-refractivity contribution >= 4 is 28.4 Å². The number of aromatic nitrogens is 5. The maximum Gasteiger partial charge on any atom is 0.272 e. The van der Waals surface area contributed by atoms with Crippen molar-refractivity contribution in [3.8, 4) is 6.07 Å². The molecule has 0 spiro atoms. The Morgan fingerprint density at radius 3 is 3.04 bits per heavy atom. The smallest absolute Gasteiger partial charge is 0.272 e. The quantitative estimate of drug-likeness (QED) is 0.559. The van der Waals surface area contributed by atoms with E-state index in [1.807, 2.05) is 31.2 Å². The monoisotopic (exact) mass is 336 g/mol. The zero-order valence-electron chi connectivity index (χ0n) is 12.7. The van der Waals surface area contributed by atoms with Gasteiger partial charge in [-0.2, -0.15) is 5.26 Å². The van der Waals surface area contributed by atoms with Gasteiger partial charge in [0.2, 0.25) is 0 Å². The Kier molecular flexibility index (Phi) is 3.36. The van der Waals surface area contributed by atoms with E-state index in [2.05, 4.69) is 20.1 Å². The molecule has 0 radical (unpaired) electrons. The molecule has 3 heterocycles. The van der Waals surface area contributed by atoms with Crippen LogP contribution in [0.1, 0.15) is 16.8 Å². The van der Waals surface area contributed by atoms with E-state index in [1.54, 1.807) is 0 Å². The zero-order valence-corrected chi connectivity index (χ0v) is 13.5. The molecular weight excluding hydrogens is 324 g/mol. The lowest BCUT2D eigenvalue weighted by atomic mass is 10.2. The number of nitriles is 1. The van der Waals surface area contributed by atoms with Gasteiger partial charge in [-0.3, -0.25) is 9.89 Å². The molecule has 0 aliphatic carbocycles.